The van der Waals surface area contributed by atoms with Crippen molar-refractivity contribution < 1.29 is 33.4 Å². The summed E-state index contributed by atoms with van der Waals surface area (Å²) in [5.41, 5.74) is 2.27. The van der Waals surface area contributed by atoms with Crippen molar-refractivity contribution in [3.8, 4) is 5.75 Å². The van der Waals surface area contributed by atoms with E-state index in [1.54, 1.807) is 54.6 Å². The summed E-state index contributed by atoms with van der Waals surface area (Å²) >= 11 is 0. The van der Waals surface area contributed by atoms with Crippen molar-refractivity contribution in [3.05, 3.63) is 132 Å². The molecule has 4 aromatic rings. The molecule has 1 atom stereocenters. The lowest BCUT2D eigenvalue weighted by molar-refractivity contribution is -0.136. The molecule has 3 amide bonds. The average Bonchev–Trinajstić information content (AvgIpc) is 3.05. The van der Waals surface area contributed by atoms with E-state index in [0.29, 0.717) is 11.3 Å². The van der Waals surface area contributed by atoms with Gasteiger partial charge in [0.25, 0.3) is 5.91 Å². The number of nitrogens with zero attached hydrogens (tertiary/aromatic N) is 1. The molecule has 0 saturated heterocycles. The van der Waals surface area contributed by atoms with E-state index in [4.69, 9.17) is 14.2 Å². The molecule has 0 bridgehead atoms. The lowest BCUT2D eigenvalue weighted by Crippen LogP contribution is -2.44. The molecule has 0 radical (unpaired) electrons. The number of ether oxygens (including phenoxy) is 3. The number of benzene rings is 4. The highest BCUT2D eigenvalue weighted by Gasteiger charge is 2.19. The Morgan fingerprint density at radius 1 is 0.659 bits per heavy atom. The van der Waals surface area contributed by atoms with Crippen LogP contribution in [0.1, 0.15) is 28.4 Å². The number of aliphatic imine (C=N–C) groups is 1. The minimum absolute atomic E-state index is 0.00268. The van der Waals surface area contributed by atoms with E-state index in [0.717, 1.165) is 11.1 Å². The van der Waals surface area contributed by atoms with E-state index >= 15 is 0 Å². The Balaban J connectivity index is 1.38. The van der Waals surface area contributed by atoms with E-state index in [-0.39, 0.29) is 24.9 Å². The minimum Gasteiger partial charge on any atom is -0.444 e. The number of guanidine groups is 1. The predicted octanol–water partition coefficient (Wildman–Crippen LogP) is 5.25. The molecule has 0 aliphatic rings. The van der Waals surface area contributed by atoms with Gasteiger partial charge in [0.1, 0.15) is 25.0 Å². The number of rotatable bonds is 9. The summed E-state index contributed by atoms with van der Waals surface area (Å²) in [4.78, 5) is 54.1. The van der Waals surface area contributed by atoms with Gasteiger partial charge in [0.2, 0.25) is 5.96 Å². The first-order valence-electron chi connectivity index (χ1n) is 13.6. The van der Waals surface area contributed by atoms with Gasteiger partial charge in [-0.15, -0.1) is 0 Å². The van der Waals surface area contributed by atoms with Gasteiger partial charge in [-0.25, -0.2) is 19.4 Å². The Morgan fingerprint density at radius 3 is 1.64 bits per heavy atom. The second kappa shape index (κ2) is 15.9. The monoisotopic (exact) mass is 594 g/mol. The quantitative estimate of drug-likeness (QED) is 0.104. The number of carbonyl (C=O) groups is 4. The summed E-state index contributed by atoms with van der Waals surface area (Å²) in [7, 11) is 0. The van der Waals surface area contributed by atoms with Gasteiger partial charge in [0, 0.05) is 5.56 Å². The third-order valence-electron chi connectivity index (χ3n) is 5.90. The SMILES string of the molecule is C[C@H](NC(=O)c1ccccc1)C(=O)Oc1ccc(N=C(NC(=O)OCc2ccccc2)NC(=O)OCc2ccccc2)cc1. The first-order valence-corrected chi connectivity index (χ1v) is 13.6. The normalized spacial score (nSPS) is 10.8. The topological polar surface area (TPSA) is 144 Å². The molecule has 0 aliphatic heterocycles. The van der Waals surface area contributed by atoms with Gasteiger partial charge in [-0.05, 0) is 54.4 Å². The molecule has 0 aromatic heterocycles. The highest BCUT2D eigenvalue weighted by atomic mass is 16.6. The zero-order valence-corrected chi connectivity index (χ0v) is 23.8. The zero-order chi connectivity index (χ0) is 31.1. The number of alkyl carbamates (subject to hydrolysis) is 2. The third-order valence-corrected chi connectivity index (χ3v) is 5.90. The maximum Gasteiger partial charge on any atom is 0.414 e. The highest BCUT2D eigenvalue weighted by Crippen LogP contribution is 2.19. The Hall–Kier alpha value is -5.97. The van der Waals surface area contributed by atoms with Crippen LogP contribution in [0.4, 0.5) is 15.3 Å². The van der Waals surface area contributed by atoms with Crippen molar-refractivity contribution in [1.29, 1.82) is 0 Å². The average molecular weight is 595 g/mol. The molecule has 4 aromatic carbocycles. The standard InChI is InChI=1S/C33H30N4O7/c1-23(34-29(38)26-15-9-4-10-16-26)30(39)44-28-19-17-27(18-20-28)35-31(36-32(40)42-21-24-11-5-2-6-12-24)37-33(41)43-22-25-13-7-3-8-14-25/h2-20,23H,21-22H2,1H3,(H,34,38)(H2,35,36,37,40,41)/t23-/m0/s1. The van der Waals surface area contributed by atoms with Gasteiger partial charge >= 0.3 is 18.2 Å². The van der Waals surface area contributed by atoms with Crippen LogP contribution in [-0.2, 0) is 27.5 Å². The van der Waals surface area contributed by atoms with Crippen molar-refractivity contribution in [2.24, 2.45) is 4.99 Å². The summed E-state index contributed by atoms with van der Waals surface area (Å²) in [6.45, 7) is 1.52. The Labute approximate surface area is 253 Å². The Morgan fingerprint density at radius 2 is 1.14 bits per heavy atom. The van der Waals surface area contributed by atoms with Gasteiger partial charge in [-0.3, -0.25) is 15.4 Å². The largest absolute Gasteiger partial charge is 0.444 e. The van der Waals surface area contributed by atoms with E-state index in [9.17, 15) is 19.2 Å². The molecule has 11 heteroatoms. The lowest BCUT2D eigenvalue weighted by atomic mass is 10.2. The first kappa shape index (κ1) is 31.0. The highest BCUT2D eigenvalue weighted by molar-refractivity contribution is 6.02. The van der Waals surface area contributed by atoms with Crippen LogP contribution in [0.2, 0.25) is 0 Å². The third kappa shape index (κ3) is 10.1. The summed E-state index contributed by atoms with van der Waals surface area (Å²) in [6.07, 6.45) is -1.71. The van der Waals surface area contributed by atoms with Crippen LogP contribution in [0.15, 0.2) is 120 Å². The molecular formula is C33H30N4O7. The van der Waals surface area contributed by atoms with Crippen LogP contribution < -0.4 is 20.7 Å². The van der Waals surface area contributed by atoms with Gasteiger partial charge < -0.3 is 19.5 Å². The smallest absolute Gasteiger partial charge is 0.414 e. The number of hydrogen-bond acceptors (Lipinski definition) is 8. The summed E-state index contributed by atoms with van der Waals surface area (Å²) in [6, 6.07) is 31.7. The fourth-order valence-electron chi connectivity index (χ4n) is 3.65. The van der Waals surface area contributed by atoms with Crippen molar-refractivity contribution >= 4 is 35.7 Å². The molecule has 0 aliphatic carbocycles. The van der Waals surface area contributed by atoms with E-state index in [1.165, 1.54) is 31.2 Å². The number of hydrogen-bond donors (Lipinski definition) is 3. The fourth-order valence-corrected chi connectivity index (χ4v) is 3.65. The zero-order valence-electron chi connectivity index (χ0n) is 23.8. The van der Waals surface area contributed by atoms with Crippen LogP contribution in [0.25, 0.3) is 0 Å². The summed E-state index contributed by atoms with van der Waals surface area (Å²) < 4.78 is 15.8. The van der Waals surface area contributed by atoms with Gasteiger partial charge in [-0.2, -0.15) is 0 Å². The van der Waals surface area contributed by atoms with Crippen LogP contribution in [0.5, 0.6) is 5.75 Å². The predicted molar refractivity (Wildman–Crippen MR) is 162 cm³/mol. The van der Waals surface area contributed by atoms with Gasteiger partial charge in [0.15, 0.2) is 0 Å². The summed E-state index contributed by atoms with van der Waals surface area (Å²) in [5.74, 6) is -1.13. The van der Waals surface area contributed by atoms with Crippen LogP contribution in [0.3, 0.4) is 0 Å². The molecule has 0 heterocycles. The first-order chi connectivity index (χ1) is 21.4. The molecular weight excluding hydrogens is 564 g/mol. The van der Waals surface area contributed by atoms with Crippen molar-refractivity contribution in [2.45, 2.75) is 26.2 Å². The van der Waals surface area contributed by atoms with Crippen LogP contribution in [-0.4, -0.2) is 36.1 Å². The number of carbonyl (C=O) groups excluding carboxylic acids is 4. The maximum atomic E-state index is 12.5. The molecule has 0 unspecified atom stereocenters. The van der Waals surface area contributed by atoms with Crippen LogP contribution >= 0.6 is 0 Å². The second-order valence-electron chi connectivity index (χ2n) is 9.31. The number of nitrogens with one attached hydrogen (secondary N) is 3. The molecule has 11 nitrogen and oxygen atoms in total. The molecule has 224 valence electrons. The fraction of sp³-hybridized carbons (Fsp3) is 0.121. The summed E-state index contributed by atoms with van der Waals surface area (Å²) in [5, 5.41) is 7.41. The van der Waals surface area contributed by atoms with Gasteiger partial charge in [0.05, 0.1) is 5.69 Å². The van der Waals surface area contributed by atoms with Gasteiger partial charge in [-0.1, -0.05) is 78.9 Å². The number of amides is 3. The molecule has 4 rings (SSSR count). The van der Waals surface area contributed by atoms with E-state index in [2.05, 4.69) is 20.9 Å². The van der Waals surface area contributed by atoms with E-state index < -0.39 is 30.1 Å². The number of esters is 1. The van der Waals surface area contributed by atoms with Crippen molar-refractivity contribution in [3.63, 3.8) is 0 Å². The molecule has 0 spiro atoms. The Kier molecular flexibility index (Phi) is 11.2. The molecule has 0 fully saturated rings. The Bertz CT molecular complexity index is 1520. The lowest BCUT2D eigenvalue weighted by Gasteiger charge is -2.13. The van der Waals surface area contributed by atoms with Crippen molar-refractivity contribution in [1.82, 2.24) is 16.0 Å². The van der Waals surface area contributed by atoms with Crippen LogP contribution in [0, 0.1) is 0 Å². The molecule has 44 heavy (non-hydrogen) atoms. The molecule has 0 saturated carbocycles. The van der Waals surface area contributed by atoms with E-state index in [1.807, 2.05) is 36.4 Å². The van der Waals surface area contributed by atoms with Crippen molar-refractivity contribution in [2.75, 3.05) is 0 Å². The maximum absolute atomic E-state index is 12.5. The second-order valence-corrected chi connectivity index (χ2v) is 9.31. The minimum atomic E-state index is -0.913. The molecule has 3 N–H and O–H groups in total.